The molecule has 2 amide bonds. The summed E-state index contributed by atoms with van der Waals surface area (Å²) < 4.78 is 5.44. The highest BCUT2D eigenvalue weighted by Gasteiger charge is 2.16. The van der Waals surface area contributed by atoms with Crippen LogP contribution >= 0.6 is 0 Å². The molecule has 0 radical (unpaired) electrons. The number of non-ortho nitro benzene ring substituents is 1. The molecule has 2 rings (SSSR count). The molecule has 2 aromatic rings. The quantitative estimate of drug-likeness (QED) is 0.619. The van der Waals surface area contributed by atoms with Crippen molar-refractivity contribution in [1.29, 1.82) is 0 Å². The summed E-state index contributed by atoms with van der Waals surface area (Å²) in [5.41, 5.74) is 1.04. The van der Waals surface area contributed by atoms with Crippen LogP contribution in [0.4, 0.5) is 17.1 Å². The lowest BCUT2D eigenvalue weighted by molar-refractivity contribution is -0.384. The van der Waals surface area contributed by atoms with Gasteiger partial charge in [0.05, 0.1) is 11.0 Å². The van der Waals surface area contributed by atoms with Crippen LogP contribution in [0, 0.1) is 10.1 Å². The van der Waals surface area contributed by atoms with Crippen LogP contribution in [-0.2, 0) is 9.59 Å². The SMILES string of the molecule is CC(=O)Nc1ccc(NC(=O)C(C)Oc2cccc([N+](=O)[O-])c2)cc1. The predicted molar refractivity (Wildman–Crippen MR) is 92.6 cm³/mol. The Balaban J connectivity index is 1.97. The lowest BCUT2D eigenvalue weighted by atomic mass is 10.2. The third-order valence-corrected chi connectivity index (χ3v) is 3.18. The van der Waals surface area contributed by atoms with Gasteiger partial charge in [-0.15, -0.1) is 0 Å². The summed E-state index contributed by atoms with van der Waals surface area (Å²) in [7, 11) is 0. The minimum Gasteiger partial charge on any atom is -0.481 e. The van der Waals surface area contributed by atoms with E-state index in [0.29, 0.717) is 11.4 Å². The van der Waals surface area contributed by atoms with E-state index < -0.39 is 16.9 Å². The average molecular weight is 343 g/mol. The van der Waals surface area contributed by atoms with Crippen LogP contribution in [0.5, 0.6) is 5.75 Å². The molecule has 8 nitrogen and oxygen atoms in total. The highest BCUT2D eigenvalue weighted by Crippen LogP contribution is 2.20. The lowest BCUT2D eigenvalue weighted by Crippen LogP contribution is -2.30. The first kappa shape index (κ1) is 17.9. The first-order chi connectivity index (χ1) is 11.8. The van der Waals surface area contributed by atoms with Crippen molar-refractivity contribution in [2.24, 2.45) is 0 Å². The Hall–Kier alpha value is -3.42. The Labute approximate surface area is 144 Å². The van der Waals surface area contributed by atoms with Gasteiger partial charge in [0.15, 0.2) is 6.10 Å². The number of nitro groups is 1. The van der Waals surface area contributed by atoms with Gasteiger partial charge in [0, 0.05) is 24.4 Å². The van der Waals surface area contributed by atoms with Crippen molar-refractivity contribution < 1.29 is 19.2 Å². The van der Waals surface area contributed by atoms with Crippen LogP contribution in [0.2, 0.25) is 0 Å². The Morgan fingerprint density at radius 1 is 1.08 bits per heavy atom. The van der Waals surface area contributed by atoms with Gasteiger partial charge in [0.25, 0.3) is 11.6 Å². The monoisotopic (exact) mass is 343 g/mol. The average Bonchev–Trinajstić information content (AvgIpc) is 2.56. The molecule has 8 heteroatoms. The zero-order chi connectivity index (χ0) is 18.4. The highest BCUT2D eigenvalue weighted by molar-refractivity contribution is 5.94. The van der Waals surface area contributed by atoms with Crippen LogP contribution in [0.3, 0.4) is 0 Å². The highest BCUT2D eigenvalue weighted by atomic mass is 16.6. The van der Waals surface area contributed by atoms with E-state index in [-0.39, 0.29) is 17.3 Å². The largest absolute Gasteiger partial charge is 0.481 e. The van der Waals surface area contributed by atoms with Gasteiger partial charge < -0.3 is 15.4 Å². The molecule has 0 saturated carbocycles. The van der Waals surface area contributed by atoms with Gasteiger partial charge in [0.2, 0.25) is 5.91 Å². The molecular weight excluding hydrogens is 326 g/mol. The number of rotatable bonds is 6. The summed E-state index contributed by atoms with van der Waals surface area (Å²) in [6.07, 6.45) is -0.850. The molecule has 0 aromatic heterocycles. The summed E-state index contributed by atoms with van der Waals surface area (Å²) in [5.74, 6) is -0.354. The van der Waals surface area contributed by atoms with E-state index in [0.717, 1.165) is 0 Å². The second-order valence-corrected chi connectivity index (χ2v) is 5.26. The number of hydrogen-bond donors (Lipinski definition) is 2. The van der Waals surface area contributed by atoms with E-state index in [2.05, 4.69) is 10.6 Å². The Bertz CT molecular complexity index is 789. The molecule has 0 heterocycles. The molecule has 1 unspecified atom stereocenters. The smallest absolute Gasteiger partial charge is 0.273 e. The zero-order valence-corrected chi connectivity index (χ0v) is 13.7. The van der Waals surface area contributed by atoms with Gasteiger partial charge in [-0.05, 0) is 37.3 Å². The van der Waals surface area contributed by atoms with Crippen molar-refractivity contribution in [1.82, 2.24) is 0 Å². The zero-order valence-electron chi connectivity index (χ0n) is 13.7. The molecule has 0 saturated heterocycles. The predicted octanol–water partition coefficient (Wildman–Crippen LogP) is 2.96. The van der Waals surface area contributed by atoms with E-state index in [1.165, 1.54) is 25.1 Å². The summed E-state index contributed by atoms with van der Waals surface area (Å²) in [5, 5.41) is 16.0. The summed E-state index contributed by atoms with van der Waals surface area (Å²) in [6, 6.07) is 12.2. The molecule has 0 aliphatic rings. The van der Waals surface area contributed by atoms with E-state index in [1.54, 1.807) is 37.3 Å². The van der Waals surface area contributed by atoms with Crippen LogP contribution in [0.15, 0.2) is 48.5 Å². The number of benzene rings is 2. The molecule has 0 aliphatic heterocycles. The number of nitro benzene ring substituents is 1. The fourth-order valence-electron chi connectivity index (χ4n) is 2.01. The maximum atomic E-state index is 12.2. The van der Waals surface area contributed by atoms with E-state index in [9.17, 15) is 19.7 Å². The van der Waals surface area contributed by atoms with Gasteiger partial charge in [-0.3, -0.25) is 19.7 Å². The van der Waals surface area contributed by atoms with Crippen LogP contribution in [0.1, 0.15) is 13.8 Å². The van der Waals surface area contributed by atoms with Crippen LogP contribution in [0.25, 0.3) is 0 Å². The minimum atomic E-state index is -0.850. The Morgan fingerprint density at radius 3 is 2.24 bits per heavy atom. The molecule has 130 valence electrons. The van der Waals surface area contributed by atoms with Gasteiger partial charge in [-0.1, -0.05) is 6.07 Å². The summed E-state index contributed by atoms with van der Waals surface area (Å²) in [4.78, 5) is 33.3. The number of anilines is 2. The molecule has 25 heavy (non-hydrogen) atoms. The van der Waals surface area contributed by atoms with Gasteiger partial charge >= 0.3 is 0 Å². The van der Waals surface area contributed by atoms with Gasteiger partial charge in [-0.2, -0.15) is 0 Å². The second-order valence-electron chi connectivity index (χ2n) is 5.26. The maximum absolute atomic E-state index is 12.2. The second kappa shape index (κ2) is 7.91. The Kier molecular flexibility index (Phi) is 5.67. The fraction of sp³-hybridized carbons (Fsp3) is 0.176. The Morgan fingerprint density at radius 2 is 1.68 bits per heavy atom. The molecular formula is C17H17N3O5. The van der Waals surface area contributed by atoms with Crippen molar-refractivity contribution in [2.75, 3.05) is 10.6 Å². The lowest BCUT2D eigenvalue weighted by Gasteiger charge is -2.15. The van der Waals surface area contributed by atoms with Crippen LogP contribution in [-0.4, -0.2) is 22.8 Å². The minimum absolute atomic E-state index is 0.112. The number of amides is 2. The van der Waals surface area contributed by atoms with Crippen molar-refractivity contribution in [3.63, 3.8) is 0 Å². The van der Waals surface area contributed by atoms with E-state index in [4.69, 9.17) is 4.74 Å². The first-order valence-corrected chi connectivity index (χ1v) is 7.45. The number of ether oxygens (including phenoxy) is 1. The van der Waals surface area contributed by atoms with Crippen LogP contribution < -0.4 is 15.4 Å². The summed E-state index contributed by atoms with van der Waals surface area (Å²) >= 11 is 0. The molecule has 0 spiro atoms. The maximum Gasteiger partial charge on any atom is 0.273 e. The van der Waals surface area contributed by atoms with E-state index in [1.807, 2.05) is 0 Å². The van der Waals surface area contributed by atoms with Crippen molar-refractivity contribution in [3.8, 4) is 5.75 Å². The molecule has 0 fully saturated rings. The van der Waals surface area contributed by atoms with Crippen molar-refractivity contribution >= 4 is 28.9 Å². The number of hydrogen-bond acceptors (Lipinski definition) is 5. The molecule has 2 N–H and O–H groups in total. The standard InChI is InChI=1S/C17H17N3O5/c1-11(25-16-5-3-4-15(10-16)20(23)24)17(22)19-14-8-6-13(7-9-14)18-12(2)21/h3-11H,1-2H3,(H,18,21)(H,19,22). The third-order valence-electron chi connectivity index (χ3n) is 3.18. The van der Waals surface area contributed by atoms with Crippen molar-refractivity contribution in [2.45, 2.75) is 20.0 Å². The number of nitrogens with one attached hydrogen (secondary N) is 2. The molecule has 1 atom stereocenters. The molecule has 2 aromatic carbocycles. The number of carbonyl (C=O) groups is 2. The number of nitrogens with zero attached hydrogens (tertiary/aromatic N) is 1. The number of carbonyl (C=O) groups excluding carboxylic acids is 2. The van der Waals surface area contributed by atoms with E-state index >= 15 is 0 Å². The third kappa shape index (κ3) is 5.31. The van der Waals surface area contributed by atoms with Crippen molar-refractivity contribution in [3.05, 3.63) is 58.6 Å². The molecule has 0 aliphatic carbocycles. The van der Waals surface area contributed by atoms with Gasteiger partial charge in [-0.25, -0.2) is 0 Å². The normalized spacial score (nSPS) is 11.3. The van der Waals surface area contributed by atoms with Gasteiger partial charge in [0.1, 0.15) is 5.75 Å². The fourth-order valence-corrected chi connectivity index (χ4v) is 2.01. The first-order valence-electron chi connectivity index (χ1n) is 7.45. The summed E-state index contributed by atoms with van der Waals surface area (Å²) in [6.45, 7) is 2.95. The molecule has 0 bridgehead atoms. The topological polar surface area (TPSA) is 111 Å².